The van der Waals surface area contributed by atoms with Crippen LogP contribution >= 0.6 is 0 Å². The summed E-state index contributed by atoms with van der Waals surface area (Å²) in [6, 6.07) is 6.34. The van der Waals surface area contributed by atoms with Gasteiger partial charge in [0.05, 0.1) is 0 Å². The number of aromatic hydroxyl groups is 1. The molecule has 17 heavy (non-hydrogen) atoms. The average Bonchev–Trinajstić information content (AvgIpc) is 2.30. The van der Waals surface area contributed by atoms with Crippen molar-refractivity contribution in [1.29, 1.82) is 0 Å². The first-order valence-corrected chi connectivity index (χ1v) is 6.64. The maximum absolute atomic E-state index is 9.52. The zero-order chi connectivity index (χ0) is 12.4. The molecule has 94 valence electrons. The fourth-order valence-electron chi connectivity index (χ4n) is 2.75. The molecule has 1 saturated carbocycles. The average molecular weight is 233 g/mol. The molecule has 1 aliphatic rings. The van der Waals surface area contributed by atoms with E-state index in [0.717, 1.165) is 23.1 Å². The van der Waals surface area contributed by atoms with Gasteiger partial charge in [-0.2, -0.15) is 0 Å². The summed E-state index contributed by atoms with van der Waals surface area (Å²) in [5.74, 6) is 1.90. The third-order valence-electron chi connectivity index (χ3n) is 4.26. The van der Waals surface area contributed by atoms with E-state index >= 15 is 0 Å². The van der Waals surface area contributed by atoms with Crippen LogP contribution in [-0.4, -0.2) is 11.1 Å². The molecule has 2 nitrogen and oxygen atoms in total. The summed E-state index contributed by atoms with van der Waals surface area (Å²) in [4.78, 5) is 0. The number of hydrogen-bond donors (Lipinski definition) is 2. The predicted octanol–water partition coefficient (Wildman–Crippen LogP) is 3.94. The van der Waals surface area contributed by atoms with Gasteiger partial charge in [-0.15, -0.1) is 0 Å². The fraction of sp³-hybridized carbons (Fsp3) is 0.600. The summed E-state index contributed by atoms with van der Waals surface area (Å²) in [5, 5.41) is 13.1. The van der Waals surface area contributed by atoms with Crippen molar-refractivity contribution in [2.75, 3.05) is 5.32 Å². The molecule has 0 saturated heterocycles. The normalized spacial score (nSPS) is 29.0. The van der Waals surface area contributed by atoms with Crippen LogP contribution in [0.4, 0.5) is 5.69 Å². The first-order chi connectivity index (χ1) is 8.08. The van der Waals surface area contributed by atoms with Gasteiger partial charge in [0.25, 0.3) is 0 Å². The Hall–Kier alpha value is -1.18. The molecule has 1 aromatic rings. The number of phenolic OH excluding ortho intramolecular Hbond substituents is 1. The Kier molecular flexibility index (Phi) is 3.60. The van der Waals surface area contributed by atoms with E-state index in [1.165, 1.54) is 19.3 Å². The van der Waals surface area contributed by atoms with Gasteiger partial charge in [-0.25, -0.2) is 0 Å². The zero-order valence-corrected chi connectivity index (χ0v) is 11.0. The van der Waals surface area contributed by atoms with E-state index in [9.17, 15) is 5.11 Å². The van der Waals surface area contributed by atoms with Crippen molar-refractivity contribution >= 4 is 5.69 Å². The quantitative estimate of drug-likeness (QED) is 0.758. The summed E-state index contributed by atoms with van der Waals surface area (Å²) in [7, 11) is 0. The van der Waals surface area contributed by atoms with Crippen LogP contribution in [0.2, 0.25) is 0 Å². The van der Waals surface area contributed by atoms with E-state index in [4.69, 9.17) is 0 Å². The Morgan fingerprint density at radius 2 is 2.00 bits per heavy atom. The number of phenols is 1. The third-order valence-corrected chi connectivity index (χ3v) is 4.26. The van der Waals surface area contributed by atoms with Gasteiger partial charge in [0.1, 0.15) is 5.75 Å². The largest absolute Gasteiger partial charge is 0.508 e. The molecule has 0 radical (unpaired) electrons. The van der Waals surface area contributed by atoms with Crippen LogP contribution in [-0.2, 0) is 0 Å². The maximum Gasteiger partial charge on any atom is 0.118 e. The van der Waals surface area contributed by atoms with Gasteiger partial charge in [-0.3, -0.25) is 0 Å². The van der Waals surface area contributed by atoms with E-state index in [-0.39, 0.29) is 0 Å². The molecule has 2 N–H and O–H groups in total. The van der Waals surface area contributed by atoms with E-state index in [0.29, 0.717) is 11.8 Å². The van der Waals surface area contributed by atoms with Crippen LogP contribution in [0.15, 0.2) is 18.2 Å². The number of rotatable bonds is 2. The lowest BCUT2D eigenvalue weighted by Crippen LogP contribution is -2.34. The molecule has 2 rings (SSSR count). The van der Waals surface area contributed by atoms with Crippen molar-refractivity contribution in [3.63, 3.8) is 0 Å². The van der Waals surface area contributed by atoms with Gasteiger partial charge in [-0.05, 0) is 48.9 Å². The summed E-state index contributed by atoms with van der Waals surface area (Å²) < 4.78 is 0. The van der Waals surface area contributed by atoms with E-state index in [2.05, 4.69) is 19.2 Å². The number of aryl methyl sites for hydroxylation is 1. The Morgan fingerprint density at radius 3 is 2.71 bits per heavy atom. The molecule has 0 heterocycles. The van der Waals surface area contributed by atoms with Gasteiger partial charge < -0.3 is 10.4 Å². The second-order valence-corrected chi connectivity index (χ2v) is 5.52. The van der Waals surface area contributed by atoms with Gasteiger partial charge in [0.2, 0.25) is 0 Å². The van der Waals surface area contributed by atoms with Crippen molar-refractivity contribution in [2.45, 2.75) is 46.1 Å². The van der Waals surface area contributed by atoms with Gasteiger partial charge in [-0.1, -0.05) is 26.7 Å². The first-order valence-electron chi connectivity index (χ1n) is 6.64. The monoisotopic (exact) mass is 233 g/mol. The second kappa shape index (κ2) is 4.99. The highest BCUT2D eigenvalue weighted by Crippen LogP contribution is 2.32. The molecular weight excluding hydrogens is 210 g/mol. The Morgan fingerprint density at radius 1 is 1.24 bits per heavy atom. The van der Waals surface area contributed by atoms with E-state index < -0.39 is 0 Å². The predicted molar refractivity (Wildman–Crippen MR) is 72.4 cm³/mol. The molecule has 2 heteroatoms. The van der Waals surface area contributed by atoms with Crippen LogP contribution in [0.25, 0.3) is 0 Å². The van der Waals surface area contributed by atoms with Gasteiger partial charge in [0.15, 0.2) is 0 Å². The Bertz CT molecular complexity index is 389. The Balaban J connectivity index is 2.07. The highest BCUT2D eigenvalue weighted by atomic mass is 16.3. The van der Waals surface area contributed by atoms with Crippen LogP contribution in [0, 0.1) is 18.8 Å². The molecule has 0 aliphatic heterocycles. The van der Waals surface area contributed by atoms with Crippen molar-refractivity contribution in [3.05, 3.63) is 23.8 Å². The lowest BCUT2D eigenvalue weighted by atomic mass is 9.78. The molecule has 1 fully saturated rings. The number of anilines is 1. The summed E-state index contributed by atoms with van der Waals surface area (Å²) in [6.07, 6.45) is 3.93. The summed E-state index contributed by atoms with van der Waals surface area (Å²) in [6.45, 7) is 6.63. The minimum absolute atomic E-state index is 0.376. The van der Waals surface area contributed by atoms with Crippen molar-refractivity contribution < 1.29 is 5.11 Å². The molecular formula is C15H23NO. The standard InChI is InChI=1S/C15H23NO/c1-10-5-4-6-14(12(10)3)16-13-7-8-15(17)11(2)9-13/h7-10,12,14,16-17H,4-6H2,1-3H3. The zero-order valence-electron chi connectivity index (χ0n) is 11.0. The van der Waals surface area contributed by atoms with Crippen LogP contribution < -0.4 is 5.32 Å². The summed E-state index contributed by atoms with van der Waals surface area (Å²) in [5.41, 5.74) is 2.07. The number of nitrogens with one attached hydrogen (secondary N) is 1. The van der Waals surface area contributed by atoms with Gasteiger partial charge >= 0.3 is 0 Å². The third kappa shape index (κ3) is 2.74. The second-order valence-electron chi connectivity index (χ2n) is 5.52. The minimum atomic E-state index is 0.376. The molecule has 3 atom stereocenters. The Labute approximate surface area is 104 Å². The van der Waals surface area contributed by atoms with Crippen LogP contribution in [0.3, 0.4) is 0 Å². The topological polar surface area (TPSA) is 32.3 Å². The molecule has 3 unspecified atom stereocenters. The van der Waals surface area contributed by atoms with E-state index in [1.807, 2.05) is 19.1 Å². The highest BCUT2D eigenvalue weighted by Gasteiger charge is 2.26. The molecule has 1 aromatic carbocycles. The van der Waals surface area contributed by atoms with Crippen molar-refractivity contribution in [2.24, 2.45) is 11.8 Å². The molecule has 0 aromatic heterocycles. The lowest BCUT2D eigenvalue weighted by molar-refractivity contribution is 0.253. The van der Waals surface area contributed by atoms with Crippen LogP contribution in [0.5, 0.6) is 5.75 Å². The molecule has 1 aliphatic carbocycles. The smallest absolute Gasteiger partial charge is 0.118 e. The van der Waals surface area contributed by atoms with Crippen LogP contribution in [0.1, 0.15) is 38.7 Å². The van der Waals surface area contributed by atoms with E-state index in [1.54, 1.807) is 6.07 Å². The lowest BCUT2D eigenvalue weighted by Gasteiger charge is -2.35. The fourth-order valence-corrected chi connectivity index (χ4v) is 2.75. The molecule has 0 amide bonds. The number of hydrogen-bond acceptors (Lipinski definition) is 2. The minimum Gasteiger partial charge on any atom is -0.508 e. The SMILES string of the molecule is Cc1cc(NC2CCCC(C)C2C)ccc1O. The number of benzene rings is 1. The maximum atomic E-state index is 9.52. The first kappa shape index (κ1) is 12.3. The molecule has 0 bridgehead atoms. The van der Waals surface area contributed by atoms with Gasteiger partial charge in [0, 0.05) is 11.7 Å². The molecule has 0 spiro atoms. The van der Waals surface area contributed by atoms with Crippen molar-refractivity contribution in [1.82, 2.24) is 0 Å². The highest BCUT2D eigenvalue weighted by molar-refractivity contribution is 5.51. The summed E-state index contributed by atoms with van der Waals surface area (Å²) >= 11 is 0. The van der Waals surface area contributed by atoms with Crippen molar-refractivity contribution in [3.8, 4) is 5.75 Å².